The predicted octanol–water partition coefficient (Wildman–Crippen LogP) is 4.32. The molecule has 0 aliphatic carbocycles. The van der Waals surface area contributed by atoms with Crippen LogP contribution in [0.4, 0.5) is 4.79 Å². The fraction of sp³-hybridized carbons (Fsp3) is 0.640. The van der Waals surface area contributed by atoms with Crippen LogP contribution in [0.25, 0.3) is 0 Å². The van der Waals surface area contributed by atoms with Crippen molar-refractivity contribution in [1.82, 2.24) is 15.5 Å². The van der Waals surface area contributed by atoms with Crippen LogP contribution < -0.4 is 10.6 Å². The van der Waals surface area contributed by atoms with Gasteiger partial charge in [-0.1, -0.05) is 18.2 Å². The fourth-order valence-corrected chi connectivity index (χ4v) is 3.55. The third kappa shape index (κ3) is 8.91. The number of nitrogens with one attached hydrogen (secondary N) is 2. The van der Waals surface area contributed by atoms with E-state index in [9.17, 15) is 14.4 Å². The number of carbonyl (C=O) groups is 3. The highest BCUT2D eigenvalue weighted by Crippen LogP contribution is 2.27. The minimum absolute atomic E-state index is 0.0574. The van der Waals surface area contributed by atoms with Gasteiger partial charge >= 0.3 is 6.09 Å². The van der Waals surface area contributed by atoms with Gasteiger partial charge in [0.1, 0.15) is 17.7 Å². The summed E-state index contributed by atoms with van der Waals surface area (Å²) in [4.78, 5) is 41.0. The quantitative estimate of drug-likeness (QED) is 0.508. The van der Waals surface area contributed by atoms with Crippen molar-refractivity contribution in [3.8, 4) is 0 Å². The van der Waals surface area contributed by atoms with E-state index in [1.54, 1.807) is 20.8 Å². The molecule has 0 aliphatic rings. The number of alkyl carbamates (subject to hydrolysis) is 1. The Hall–Kier alpha value is -2.22. The van der Waals surface area contributed by atoms with Crippen LogP contribution in [0.5, 0.6) is 0 Å². The summed E-state index contributed by atoms with van der Waals surface area (Å²) in [7, 11) is 0. The van der Waals surface area contributed by atoms with Crippen LogP contribution in [-0.2, 0) is 14.3 Å². The molecule has 1 aromatic rings. The number of thiol groups is 1. The first-order valence-electron chi connectivity index (χ1n) is 11.3. The van der Waals surface area contributed by atoms with Crippen LogP contribution in [-0.4, -0.2) is 51.8 Å². The summed E-state index contributed by atoms with van der Waals surface area (Å²) in [5.74, 6) is -0.636. The lowest BCUT2D eigenvalue weighted by atomic mass is 9.96. The zero-order valence-electron chi connectivity index (χ0n) is 21.7. The topological polar surface area (TPSA) is 87.7 Å². The molecule has 2 atom stereocenters. The van der Waals surface area contributed by atoms with Gasteiger partial charge in [0.2, 0.25) is 11.8 Å². The van der Waals surface area contributed by atoms with E-state index in [4.69, 9.17) is 4.74 Å². The molecule has 0 aromatic heterocycles. The van der Waals surface area contributed by atoms with Crippen LogP contribution >= 0.6 is 12.6 Å². The average molecular weight is 480 g/mol. The van der Waals surface area contributed by atoms with Gasteiger partial charge in [-0.25, -0.2) is 4.79 Å². The summed E-state index contributed by atoms with van der Waals surface area (Å²) in [6, 6.07) is 3.59. The fourth-order valence-electron chi connectivity index (χ4n) is 3.31. The van der Waals surface area contributed by atoms with Gasteiger partial charge < -0.3 is 20.3 Å². The number of hydrogen-bond acceptors (Lipinski definition) is 5. The zero-order valence-corrected chi connectivity index (χ0v) is 22.6. The highest BCUT2D eigenvalue weighted by molar-refractivity contribution is 7.80. The Morgan fingerprint density at radius 2 is 1.61 bits per heavy atom. The molecule has 0 fully saturated rings. The predicted molar refractivity (Wildman–Crippen MR) is 136 cm³/mol. The largest absolute Gasteiger partial charge is 0.444 e. The van der Waals surface area contributed by atoms with Crippen LogP contribution in [0.15, 0.2) is 18.2 Å². The molecule has 0 heterocycles. The SMILES string of the molecule is Cc1ccc(C(C(=O)NC(C)(C)C)N(C(=O)C(CS)NC(=O)OC(C)(C)C)C(C)C)cc1C. The van der Waals surface area contributed by atoms with E-state index >= 15 is 0 Å². The lowest BCUT2D eigenvalue weighted by molar-refractivity contribution is -0.144. The van der Waals surface area contributed by atoms with Crippen LogP contribution in [0.1, 0.15) is 78.1 Å². The van der Waals surface area contributed by atoms with E-state index in [1.807, 2.05) is 66.7 Å². The molecule has 8 heteroatoms. The molecule has 0 aliphatic heterocycles. The van der Waals surface area contributed by atoms with Crippen molar-refractivity contribution in [3.05, 3.63) is 34.9 Å². The number of ether oxygens (including phenoxy) is 1. The Balaban J connectivity index is 3.44. The van der Waals surface area contributed by atoms with Gasteiger partial charge in [0.25, 0.3) is 0 Å². The van der Waals surface area contributed by atoms with Gasteiger partial charge in [-0.15, -0.1) is 0 Å². The highest BCUT2D eigenvalue weighted by Gasteiger charge is 2.38. The second-order valence-electron chi connectivity index (χ2n) is 10.7. The van der Waals surface area contributed by atoms with E-state index in [-0.39, 0.29) is 17.7 Å². The van der Waals surface area contributed by atoms with E-state index in [2.05, 4.69) is 23.3 Å². The Bertz CT molecular complexity index is 856. The summed E-state index contributed by atoms with van der Waals surface area (Å²) in [6.07, 6.45) is -0.708. The Labute approximate surface area is 204 Å². The van der Waals surface area contributed by atoms with Crippen LogP contribution in [0, 0.1) is 13.8 Å². The number of carbonyl (C=O) groups excluding carboxylic acids is 3. The second kappa shape index (κ2) is 11.3. The van der Waals surface area contributed by atoms with Crippen LogP contribution in [0.3, 0.4) is 0 Å². The number of rotatable bonds is 7. The summed E-state index contributed by atoms with van der Waals surface area (Å²) >= 11 is 4.29. The first-order chi connectivity index (χ1) is 15.0. The average Bonchev–Trinajstić information content (AvgIpc) is 2.62. The van der Waals surface area contributed by atoms with Gasteiger partial charge in [-0.05, 0) is 85.9 Å². The number of amides is 3. The molecule has 1 rings (SSSR count). The van der Waals surface area contributed by atoms with Crippen molar-refractivity contribution in [3.63, 3.8) is 0 Å². The van der Waals surface area contributed by atoms with Crippen LogP contribution in [0.2, 0.25) is 0 Å². The third-order valence-corrected chi connectivity index (χ3v) is 5.22. The van der Waals surface area contributed by atoms with E-state index in [0.717, 1.165) is 11.1 Å². The molecule has 0 radical (unpaired) electrons. The molecular weight excluding hydrogens is 438 g/mol. The minimum atomic E-state index is -0.956. The zero-order chi connectivity index (χ0) is 25.7. The maximum absolute atomic E-state index is 13.7. The Morgan fingerprint density at radius 1 is 1.03 bits per heavy atom. The van der Waals surface area contributed by atoms with Gasteiger partial charge in [-0.2, -0.15) is 12.6 Å². The third-order valence-electron chi connectivity index (χ3n) is 4.85. The normalized spacial score (nSPS) is 13.8. The Morgan fingerprint density at radius 3 is 2.03 bits per heavy atom. The molecule has 2 unspecified atom stereocenters. The molecule has 1 aromatic carbocycles. The first kappa shape index (κ1) is 28.8. The molecule has 0 spiro atoms. The number of aryl methyl sites for hydroxylation is 2. The molecule has 2 N–H and O–H groups in total. The van der Waals surface area contributed by atoms with Crippen molar-refractivity contribution in [2.24, 2.45) is 0 Å². The molecule has 186 valence electrons. The lowest BCUT2D eigenvalue weighted by Crippen LogP contribution is -2.57. The van der Waals surface area contributed by atoms with E-state index in [1.165, 1.54) is 4.90 Å². The maximum Gasteiger partial charge on any atom is 0.408 e. The summed E-state index contributed by atoms with van der Waals surface area (Å²) in [6.45, 7) is 18.6. The maximum atomic E-state index is 13.7. The van der Waals surface area contributed by atoms with Crippen molar-refractivity contribution < 1.29 is 19.1 Å². The second-order valence-corrected chi connectivity index (χ2v) is 11.1. The molecule has 0 saturated carbocycles. The number of nitrogens with zero attached hydrogens (tertiary/aromatic N) is 1. The van der Waals surface area contributed by atoms with Gasteiger partial charge in [0, 0.05) is 17.3 Å². The van der Waals surface area contributed by atoms with E-state index in [0.29, 0.717) is 5.56 Å². The van der Waals surface area contributed by atoms with E-state index < -0.39 is 35.2 Å². The highest BCUT2D eigenvalue weighted by atomic mass is 32.1. The molecule has 0 saturated heterocycles. The smallest absolute Gasteiger partial charge is 0.408 e. The van der Waals surface area contributed by atoms with Crippen molar-refractivity contribution in [1.29, 1.82) is 0 Å². The monoisotopic (exact) mass is 479 g/mol. The van der Waals surface area contributed by atoms with Gasteiger partial charge in [-0.3, -0.25) is 9.59 Å². The number of hydrogen-bond donors (Lipinski definition) is 3. The lowest BCUT2D eigenvalue weighted by Gasteiger charge is -2.38. The van der Waals surface area contributed by atoms with Crippen molar-refractivity contribution in [2.75, 3.05) is 5.75 Å². The molecular formula is C25H41N3O4S. The van der Waals surface area contributed by atoms with Gasteiger partial charge in [0.05, 0.1) is 0 Å². The Kier molecular flexibility index (Phi) is 9.84. The van der Waals surface area contributed by atoms with Crippen molar-refractivity contribution in [2.45, 2.75) is 98.5 Å². The summed E-state index contributed by atoms with van der Waals surface area (Å²) < 4.78 is 5.31. The first-order valence-corrected chi connectivity index (χ1v) is 11.9. The standard InChI is InChI=1S/C25H41N3O4S/c1-15(2)28(22(30)19(14-33)26-23(31)32-25(8,9)10)20(21(29)27-24(5,6)7)18-12-11-16(3)17(4)13-18/h11-13,15,19-20,33H,14H2,1-10H3,(H,26,31)(H,27,29). The summed E-state index contributed by atoms with van der Waals surface area (Å²) in [5.41, 5.74) is 1.63. The molecule has 3 amide bonds. The molecule has 7 nitrogen and oxygen atoms in total. The van der Waals surface area contributed by atoms with Gasteiger partial charge in [0.15, 0.2) is 0 Å². The molecule has 33 heavy (non-hydrogen) atoms. The molecule has 0 bridgehead atoms. The summed E-state index contributed by atoms with van der Waals surface area (Å²) in [5, 5.41) is 5.62. The van der Waals surface area contributed by atoms with Crippen molar-refractivity contribution >= 4 is 30.5 Å². The number of benzene rings is 1. The minimum Gasteiger partial charge on any atom is -0.444 e.